The molecule has 0 saturated carbocycles. The molecule has 0 radical (unpaired) electrons. The maximum atomic E-state index is 12.6. The first kappa shape index (κ1) is 48.3. The lowest BCUT2D eigenvalue weighted by Gasteiger charge is -2.14. The fourth-order valence-electron chi connectivity index (χ4n) is 3.08. The van der Waals surface area contributed by atoms with Crippen molar-refractivity contribution in [3.05, 3.63) is 62.4 Å². The predicted octanol–water partition coefficient (Wildman–Crippen LogP) is 5.89. The van der Waals surface area contributed by atoms with E-state index in [0.29, 0.717) is 22.8 Å². The third-order valence-electron chi connectivity index (χ3n) is 4.86. The van der Waals surface area contributed by atoms with E-state index >= 15 is 0 Å². The number of carbonyl (C=O) groups is 1. The van der Waals surface area contributed by atoms with Gasteiger partial charge in [-0.15, -0.1) is 0 Å². The van der Waals surface area contributed by atoms with Crippen molar-refractivity contribution in [2.45, 2.75) is 39.9 Å². The van der Waals surface area contributed by atoms with Gasteiger partial charge in [0.1, 0.15) is 19.1 Å². The molecule has 0 aliphatic carbocycles. The average Bonchev–Trinajstić information content (AvgIpc) is 2.97. The zero-order valence-corrected chi connectivity index (χ0v) is 32.4. The number of hydrogen-bond acceptors (Lipinski definition) is 13. The Labute approximate surface area is 311 Å². The lowest BCUT2D eigenvalue weighted by Crippen LogP contribution is -2.25. The molecule has 1 heterocycles. The van der Waals surface area contributed by atoms with Crippen LogP contribution in [-0.4, -0.2) is 86.6 Å². The highest BCUT2D eigenvalue weighted by Crippen LogP contribution is 2.38. The minimum Gasteiger partial charge on any atom is -0.778 e. The topological polar surface area (TPSA) is 234 Å². The maximum absolute atomic E-state index is 12.6. The van der Waals surface area contributed by atoms with Crippen molar-refractivity contribution in [3.63, 3.8) is 0 Å². The van der Waals surface area contributed by atoms with Crippen molar-refractivity contribution in [1.29, 1.82) is 0 Å². The molecule has 0 bridgehead atoms. The molecule has 0 spiro atoms. The van der Waals surface area contributed by atoms with Crippen molar-refractivity contribution < 1.29 is 51.8 Å². The van der Waals surface area contributed by atoms with Gasteiger partial charge in [0.2, 0.25) is 22.9 Å². The van der Waals surface area contributed by atoms with Crippen LogP contribution in [0.5, 0.6) is 17.2 Å². The zero-order valence-electron chi connectivity index (χ0n) is 29.2. The first-order valence-electron chi connectivity index (χ1n) is 14.8. The number of benzene rings is 2. The Morgan fingerprint density at radius 1 is 1.06 bits per heavy atom. The summed E-state index contributed by atoms with van der Waals surface area (Å²) < 4.78 is 58.3. The van der Waals surface area contributed by atoms with E-state index in [1.807, 2.05) is 26.1 Å². The van der Waals surface area contributed by atoms with Crippen LogP contribution in [0.25, 0.3) is 0 Å². The van der Waals surface area contributed by atoms with Crippen LogP contribution in [-0.2, 0) is 26.4 Å². The van der Waals surface area contributed by atoms with Gasteiger partial charge in [0.15, 0.2) is 0 Å². The second-order valence-corrected chi connectivity index (χ2v) is 15.3. The number of hydrogen-bond donors (Lipinski definition) is 5. The molecule has 0 aliphatic rings. The van der Waals surface area contributed by atoms with Crippen LogP contribution in [0.15, 0.2) is 36.4 Å². The normalized spacial score (nSPS) is 11.8. The van der Waals surface area contributed by atoms with Crippen molar-refractivity contribution in [1.82, 2.24) is 20.3 Å². The summed E-state index contributed by atoms with van der Waals surface area (Å²) in [5.41, 5.74) is -1.15. The fourth-order valence-corrected chi connectivity index (χ4v) is 3.85. The molecule has 23 heteroatoms. The number of aliphatic carboxylic acids is 1. The van der Waals surface area contributed by atoms with E-state index in [2.05, 4.69) is 44.4 Å². The lowest BCUT2D eigenvalue weighted by molar-refractivity contribution is -0.385. The number of alkyl halides is 3. The molecule has 3 aromatic rings. The number of aromatic nitrogens is 3. The van der Waals surface area contributed by atoms with Crippen molar-refractivity contribution >= 4 is 65.2 Å². The largest absolute Gasteiger partial charge is 0.778 e. The summed E-state index contributed by atoms with van der Waals surface area (Å²) in [7, 11) is -3.71. The molecule has 0 saturated heterocycles. The SMILES string of the molecule is CCNc1nc(Cl)nc(NC(C)C)n1.CCOc1cc(Oc2ccc(C(F)(F)F)cc2Cl)ccc1[N+](=O)[O-].C[S+](C)C.O=C(O)CNCP(=O)([O-])O. The molecule has 1 atom stereocenters. The smallest absolute Gasteiger partial charge is 0.416 e. The highest BCUT2D eigenvalue weighted by molar-refractivity contribution is 7.94. The second-order valence-electron chi connectivity index (χ2n) is 10.5. The minimum absolute atomic E-state index is 0.0111. The molecular formula is C29H41Cl2F3N7O9PS. The van der Waals surface area contributed by atoms with Crippen LogP contribution in [0, 0.1) is 10.1 Å². The molecule has 0 aliphatic heterocycles. The molecular weight excluding hydrogens is 781 g/mol. The van der Waals surface area contributed by atoms with Crippen LogP contribution >= 0.6 is 30.8 Å². The number of rotatable bonds is 13. The summed E-state index contributed by atoms with van der Waals surface area (Å²) in [5, 5.41) is 26.9. The number of ether oxygens (including phenoxy) is 2. The highest BCUT2D eigenvalue weighted by Gasteiger charge is 2.31. The van der Waals surface area contributed by atoms with Crippen molar-refractivity contribution in [2.75, 3.05) is 55.4 Å². The standard InChI is InChI=1S/C15H11ClF3NO4.C8H14ClN5.C3H8NO5P.C3H9S/c1-2-23-14-8-10(4-5-12(14)20(21)22)24-13-6-3-9(7-11(13)16)15(17,18)19;1-4-10-7-12-6(9)13-8(14-7)11-5(2)3;5-3(6)1-4-2-10(7,8)9;1-4(2)3/h3-8H,2H2,1H3;5H,4H2,1-3H3,(H2,10,11,12,13,14);4H,1-2H2,(H,5,6)(H2,7,8,9);1-3H3/q;;;+1/p-1. The number of nitro benzene ring substituents is 1. The van der Waals surface area contributed by atoms with Gasteiger partial charge >= 0.3 is 17.8 Å². The monoisotopic (exact) mass is 821 g/mol. The Morgan fingerprint density at radius 2 is 1.65 bits per heavy atom. The quantitative estimate of drug-likeness (QED) is 0.0585. The number of nitro groups is 1. The first-order chi connectivity index (χ1) is 24.0. The number of anilines is 2. The molecule has 0 fully saturated rings. The Hall–Kier alpha value is -3.65. The van der Waals surface area contributed by atoms with Gasteiger partial charge in [0.05, 0.1) is 53.7 Å². The Balaban J connectivity index is 0.000000784. The Kier molecular flexibility index (Phi) is 22.1. The first-order valence-corrected chi connectivity index (χ1v) is 19.8. The maximum Gasteiger partial charge on any atom is 0.416 e. The number of carboxylic acid groups (broad SMARTS) is 1. The van der Waals surface area contributed by atoms with Crippen LogP contribution in [0.1, 0.15) is 33.3 Å². The van der Waals surface area contributed by atoms with E-state index in [-0.39, 0.29) is 45.9 Å². The van der Waals surface area contributed by atoms with Crippen LogP contribution in [0.3, 0.4) is 0 Å². The van der Waals surface area contributed by atoms with E-state index in [9.17, 15) is 37.5 Å². The Bertz CT molecular complexity index is 1620. The average molecular weight is 823 g/mol. The Morgan fingerprint density at radius 3 is 2.12 bits per heavy atom. The molecule has 2 aromatic carbocycles. The van der Waals surface area contributed by atoms with Crippen molar-refractivity contribution in [2.24, 2.45) is 0 Å². The van der Waals surface area contributed by atoms with E-state index in [4.69, 9.17) is 42.7 Å². The van der Waals surface area contributed by atoms with Crippen molar-refractivity contribution in [3.8, 4) is 17.2 Å². The summed E-state index contributed by atoms with van der Waals surface area (Å²) in [6.07, 6.45) is 1.36. The van der Waals surface area contributed by atoms with Gasteiger partial charge in [-0.2, -0.15) is 28.1 Å². The van der Waals surface area contributed by atoms with E-state index in [1.54, 1.807) is 6.92 Å². The van der Waals surface area contributed by atoms with E-state index in [0.717, 1.165) is 24.7 Å². The minimum atomic E-state index is -4.52. The molecule has 52 heavy (non-hydrogen) atoms. The number of halogens is 5. The van der Waals surface area contributed by atoms with Gasteiger partial charge in [0.25, 0.3) is 0 Å². The van der Waals surface area contributed by atoms with Crippen LogP contribution in [0.2, 0.25) is 10.3 Å². The van der Waals surface area contributed by atoms with Gasteiger partial charge in [-0.05, 0) is 74.5 Å². The van der Waals surface area contributed by atoms with Gasteiger partial charge in [-0.1, -0.05) is 11.6 Å². The zero-order chi connectivity index (χ0) is 40.2. The fraction of sp³-hybridized carbons (Fsp3) is 0.448. The van der Waals surface area contributed by atoms with Gasteiger partial charge in [-0.25, -0.2) is 0 Å². The summed E-state index contributed by atoms with van der Waals surface area (Å²) in [6.45, 7) is 8.10. The molecule has 0 amide bonds. The second kappa shape index (κ2) is 23.8. The lowest BCUT2D eigenvalue weighted by atomic mass is 10.2. The summed E-state index contributed by atoms with van der Waals surface area (Å²) in [5.74, 6) is -0.0604. The molecule has 3 rings (SSSR count). The third kappa shape index (κ3) is 22.3. The molecule has 1 unspecified atom stereocenters. The molecule has 5 N–H and O–H groups in total. The predicted molar refractivity (Wildman–Crippen MR) is 194 cm³/mol. The van der Waals surface area contributed by atoms with Gasteiger partial charge in [-0.3, -0.25) is 20.2 Å². The number of carboxylic acids is 1. The summed E-state index contributed by atoms with van der Waals surface area (Å²) >= 11 is 11.5. The van der Waals surface area contributed by atoms with Gasteiger partial charge in [0, 0.05) is 24.7 Å². The number of nitrogens with zero attached hydrogens (tertiary/aromatic N) is 4. The number of nitrogens with one attached hydrogen (secondary N) is 3. The van der Waals surface area contributed by atoms with Crippen LogP contribution in [0.4, 0.5) is 30.8 Å². The molecule has 292 valence electrons. The van der Waals surface area contributed by atoms with E-state index in [1.165, 1.54) is 18.2 Å². The third-order valence-corrected chi connectivity index (χ3v) is 5.95. The van der Waals surface area contributed by atoms with E-state index < -0.39 is 43.1 Å². The summed E-state index contributed by atoms with van der Waals surface area (Å²) in [6, 6.07) is 6.67. The molecule has 1 aromatic heterocycles. The summed E-state index contributed by atoms with van der Waals surface area (Å²) in [4.78, 5) is 50.1. The molecule has 16 nitrogen and oxygen atoms in total. The van der Waals surface area contributed by atoms with Gasteiger partial charge < -0.3 is 39.6 Å². The van der Waals surface area contributed by atoms with Crippen LogP contribution < -0.4 is 30.3 Å². The highest BCUT2D eigenvalue weighted by atomic mass is 35.5.